The number of amides is 1. The van der Waals surface area contributed by atoms with Gasteiger partial charge >= 0.3 is 0 Å². The number of carbonyl (C=O) groups is 1. The van der Waals surface area contributed by atoms with Crippen molar-refractivity contribution in [2.45, 2.75) is 52.5 Å². The maximum Gasteiger partial charge on any atom is 0.279 e. The Hall–Kier alpha value is -3.02. The molecule has 0 atom stereocenters. The second-order valence-corrected chi connectivity index (χ2v) is 7.93. The molecule has 2 aromatic heterocycles. The Morgan fingerprint density at radius 1 is 1.10 bits per heavy atom. The first kappa shape index (κ1) is 19.3. The number of hydrogen-bond acceptors (Lipinski definition) is 2. The fourth-order valence-electron chi connectivity index (χ4n) is 4.50. The molecule has 0 spiro atoms. The molecule has 0 bridgehead atoms. The number of nitrogens with zero attached hydrogens (tertiary/aromatic N) is 3. The lowest BCUT2D eigenvalue weighted by molar-refractivity contribution is 0.1000. The molecule has 1 aliphatic rings. The summed E-state index contributed by atoms with van der Waals surface area (Å²) in [6.45, 7) is 6.00. The number of carbonyl (C=O) groups excluding carboxylic acids is 1. The van der Waals surface area contributed by atoms with Crippen molar-refractivity contribution in [2.75, 3.05) is 0 Å². The van der Waals surface area contributed by atoms with Gasteiger partial charge in [0.2, 0.25) is 0 Å². The predicted octanol–water partition coefficient (Wildman–Crippen LogP) is 3.65. The average molecular weight is 393 g/mol. The van der Waals surface area contributed by atoms with Crippen LogP contribution in [-0.2, 0) is 13.5 Å². The highest BCUT2D eigenvalue weighted by molar-refractivity contribution is 6.02. The second-order valence-electron chi connectivity index (χ2n) is 7.93. The molecule has 152 valence electrons. The number of para-hydroxylation sites is 1. The molecule has 2 heterocycles. The molecule has 1 aromatic carbocycles. The maximum atomic E-state index is 13.6. The predicted molar refractivity (Wildman–Crippen MR) is 115 cm³/mol. The minimum atomic E-state index is -0.469. The highest BCUT2D eigenvalue weighted by Gasteiger charge is 2.35. The van der Waals surface area contributed by atoms with E-state index < -0.39 is 5.91 Å². The quantitative estimate of drug-likeness (QED) is 0.695. The monoisotopic (exact) mass is 392 g/mol. The summed E-state index contributed by atoms with van der Waals surface area (Å²) in [7, 11) is 1.88. The van der Waals surface area contributed by atoms with E-state index in [-0.39, 0.29) is 5.56 Å². The average Bonchev–Trinajstić information content (AvgIpc) is 3.44. The molecule has 6 heteroatoms. The van der Waals surface area contributed by atoms with Gasteiger partial charge in [-0.1, -0.05) is 31.5 Å². The van der Waals surface area contributed by atoms with E-state index >= 15 is 0 Å². The van der Waals surface area contributed by atoms with E-state index in [1.54, 1.807) is 4.68 Å². The summed E-state index contributed by atoms with van der Waals surface area (Å²) in [4.78, 5) is 26.1. The Balaban J connectivity index is 2.07. The van der Waals surface area contributed by atoms with Crippen molar-refractivity contribution >= 4 is 5.91 Å². The van der Waals surface area contributed by atoms with Crippen molar-refractivity contribution in [1.29, 1.82) is 0 Å². The highest BCUT2D eigenvalue weighted by Crippen LogP contribution is 2.43. The molecule has 0 aliphatic heterocycles. The van der Waals surface area contributed by atoms with Crippen LogP contribution >= 0.6 is 0 Å². The summed E-state index contributed by atoms with van der Waals surface area (Å²) in [5.41, 5.74) is 11.1. The van der Waals surface area contributed by atoms with Crippen LogP contribution in [0.4, 0.5) is 0 Å². The van der Waals surface area contributed by atoms with E-state index in [4.69, 9.17) is 5.73 Å². The van der Waals surface area contributed by atoms with Crippen LogP contribution in [0.5, 0.6) is 0 Å². The number of aromatic nitrogens is 3. The van der Waals surface area contributed by atoms with Gasteiger partial charge in [-0.25, -0.2) is 4.68 Å². The van der Waals surface area contributed by atoms with E-state index in [2.05, 4.69) is 11.5 Å². The maximum absolute atomic E-state index is 13.6. The van der Waals surface area contributed by atoms with Crippen molar-refractivity contribution < 1.29 is 4.79 Å². The summed E-state index contributed by atoms with van der Waals surface area (Å²) < 4.78 is 5.78. The molecule has 6 nitrogen and oxygen atoms in total. The Bertz CT molecular complexity index is 1140. The van der Waals surface area contributed by atoms with Gasteiger partial charge in [0.05, 0.1) is 16.8 Å². The fourth-order valence-corrected chi connectivity index (χ4v) is 4.50. The van der Waals surface area contributed by atoms with E-state index in [1.807, 2.05) is 55.9 Å². The van der Waals surface area contributed by atoms with E-state index in [0.717, 1.165) is 54.0 Å². The van der Waals surface area contributed by atoms with Crippen LogP contribution in [0.15, 0.2) is 35.1 Å². The molecule has 4 rings (SSSR count). The molecule has 1 fully saturated rings. The largest absolute Gasteiger partial charge is 0.366 e. The lowest BCUT2D eigenvalue weighted by Gasteiger charge is -2.11. The lowest BCUT2D eigenvalue weighted by atomic mass is 9.98. The van der Waals surface area contributed by atoms with E-state index in [9.17, 15) is 9.59 Å². The first-order chi connectivity index (χ1) is 13.9. The summed E-state index contributed by atoms with van der Waals surface area (Å²) in [5, 5.41) is 0. The minimum absolute atomic E-state index is 0.121. The van der Waals surface area contributed by atoms with E-state index in [0.29, 0.717) is 17.2 Å². The molecule has 1 amide bonds. The molecule has 0 radical (unpaired) electrons. The summed E-state index contributed by atoms with van der Waals surface area (Å²) >= 11 is 0. The smallest absolute Gasteiger partial charge is 0.279 e. The van der Waals surface area contributed by atoms with Crippen LogP contribution in [0, 0.1) is 13.8 Å². The third kappa shape index (κ3) is 2.94. The molecule has 1 aliphatic carbocycles. The van der Waals surface area contributed by atoms with Gasteiger partial charge in [-0.2, -0.15) is 0 Å². The van der Waals surface area contributed by atoms with Gasteiger partial charge in [0, 0.05) is 35.7 Å². The number of rotatable bonds is 6. The molecule has 29 heavy (non-hydrogen) atoms. The number of benzene rings is 1. The normalized spacial score (nSPS) is 13.8. The van der Waals surface area contributed by atoms with Gasteiger partial charge in [-0.05, 0) is 45.2 Å². The van der Waals surface area contributed by atoms with Crippen molar-refractivity contribution in [1.82, 2.24) is 13.9 Å². The zero-order valence-corrected chi connectivity index (χ0v) is 17.5. The number of primary amides is 1. The standard InChI is InChI=1S/C23H28N4O2/c1-5-9-18-21(19(22(24)28)15(3)26(18)16-12-13-16)20-14(2)25(4)27(23(20)29)17-10-7-6-8-11-17/h6-8,10-11,16H,5,9,12-13H2,1-4H3,(H2,24,28). The molecule has 0 unspecified atom stereocenters. The summed E-state index contributed by atoms with van der Waals surface area (Å²) in [5.74, 6) is -0.469. The van der Waals surface area contributed by atoms with Gasteiger partial charge in [-0.3, -0.25) is 14.3 Å². The van der Waals surface area contributed by atoms with E-state index in [1.165, 1.54) is 0 Å². The Morgan fingerprint density at radius 3 is 2.31 bits per heavy atom. The zero-order chi connectivity index (χ0) is 20.9. The molecule has 2 N–H and O–H groups in total. The fraction of sp³-hybridized carbons (Fsp3) is 0.391. The van der Waals surface area contributed by atoms with Crippen molar-refractivity contribution in [2.24, 2.45) is 12.8 Å². The number of nitrogens with two attached hydrogens (primary N) is 1. The second kappa shape index (κ2) is 7.10. The van der Waals surface area contributed by atoms with Gasteiger partial charge in [-0.15, -0.1) is 0 Å². The highest BCUT2D eigenvalue weighted by atomic mass is 16.1. The van der Waals surface area contributed by atoms with Gasteiger partial charge in [0.25, 0.3) is 11.5 Å². The first-order valence-corrected chi connectivity index (χ1v) is 10.3. The summed E-state index contributed by atoms with van der Waals surface area (Å²) in [6.07, 6.45) is 3.94. The molecule has 3 aromatic rings. The first-order valence-electron chi connectivity index (χ1n) is 10.3. The van der Waals surface area contributed by atoms with Crippen LogP contribution in [0.25, 0.3) is 16.8 Å². The van der Waals surface area contributed by atoms with Crippen LogP contribution in [-0.4, -0.2) is 19.8 Å². The van der Waals surface area contributed by atoms with Crippen LogP contribution < -0.4 is 11.3 Å². The van der Waals surface area contributed by atoms with Gasteiger partial charge in [0.15, 0.2) is 0 Å². The number of hydrogen-bond donors (Lipinski definition) is 1. The van der Waals surface area contributed by atoms with Crippen molar-refractivity contribution in [3.8, 4) is 16.8 Å². The molecular weight excluding hydrogens is 364 g/mol. The Morgan fingerprint density at radius 2 is 1.76 bits per heavy atom. The molecule has 0 saturated heterocycles. The van der Waals surface area contributed by atoms with Gasteiger partial charge < -0.3 is 10.3 Å². The molecular formula is C23H28N4O2. The summed E-state index contributed by atoms with van der Waals surface area (Å²) in [6, 6.07) is 9.97. The third-order valence-electron chi connectivity index (χ3n) is 6.00. The minimum Gasteiger partial charge on any atom is -0.366 e. The Kier molecular flexibility index (Phi) is 4.73. The zero-order valence-electron chi connectivity index (χ0n) is 17.5. The third-order valence-corrected chi connectivity index (χ3v) is 6.00. The lowest BCUT2D eigenvalue weighted by Crippen LogP contribution is -2.21. The van der Waals surface area contributed by atoms with Crippen LogP contribution in [0.1, 0.15) is 59.7 Å². The Labute approximate surface area is 170 Å². The van der Waals surface area contributed by atoms with Gasteiger partial charge in [0.1, 0.15) is 0 Å². The molecule has 1 saturated carbocycles. The SMILES string of the molecule is CCCc1c(-c2c(C)n(C)n(-c3ccccc3)c2=O)c(C(N)=O)c(C)n1C1CC1. The topological polar surface area (TPSA) is 75.0 Å². The van der Waals surface area contributed by atoms with Crippen LogP contribution in [0.3, 0.4) is 0 Å². The van der Waals surface area contributed by atoms with Crippen LogP contribution in [0.2, 0.25) is 0 Å². The van der Waals surface area contributed by atoms with Crippen molar-refractivity contribution in [3.63, 3.8) is 0 Å². The van der Waals surface area contributed by atoms with Crippen molar-refractivity contribution in [3.05, 3.63) is 63.3 Å².